The van der Waals surface area contributed by atoms with Gasteiger partial charge in [-0.2, -0.15) is 10.1 Å². The fourth-order valence-corrected chi connectivity index (χ4v) is 3.20. The van der Waals surface area contributed by atoms with Gasteiger partial charge in [0, 0.05) is 32.0 Å². The maximum atomic E-state index is 14.6. The molecular formula is C21H23FN8O2. The molecule has 0 saturated carbocycles. The van der Waals surface area contributed by atoms with Crippen molar-refractivity contribution in [1.82, 2.24) is 19.7 Å². The number of aromatic nitrogens is 4. The van der Waals surface area contributed by atoms with Crippen molar-refractivity contribution >= 4 is 40.4 Å². The van der Waals surface area contributed by atoms with Gasteiger partial charge >= 0.3 is 0 Å². The molecule has 4 rings (SSSR count). The molecule has 32 heavy (non-hydrogen) atoms. The number of nitrogens with zero attached hydrogens (tertiary/aromatic N) is 5. The molecule has 0 radical (unpaired) electrons. The largest absolute Gasteiger partial charge is 0.378 e. The monoisotopic (exact) mass is 438 g/mol. The molecule has 3 heterocycles. The Bertz CT molecular complexity index is 1130. The maximum Gasteiger partial charge on any atom is 0.247 e. The number of rotatable bonds is 7. The summed E-state index contributed by atoms with van der Waals surface area (Å²) in [6, 6.07) is 4.24. The highest BCUT2D eigenvalue weighted by atomic mass is 19.1. The summed E-state index contributed by atoms with van der Waals surface area (Å²) in [6.45, 7) is 5.89. The minimum absolute atomic E-state index is 0.160. The van der Waals surface area contributed by atoms with Gasteiger partial charge in [0.25, 0.3) is 0 Å². The van der Waals surface area contributed by atoms with Gasteiger partial charge in [-0.05, 0) is 24.3 Å². The topological polar surface area (TPSA) is 109 Å². The summed E-state index contributed by atoms with van der Waals surface area (Å²) in [7, 11) is 1.81. The first kappa shape index (κ1) is 21.2. The average molecular weight is 438 g/mol. The third-order valence-corrected chi connectivity index (χ3v) is 4.75. The normalized spacial score (nSPS) is 13.5. The van der Waals surface area contributed by atoms with Crippen LogP contribution in [0.15, 0.2) is 49.4 Å². The van der Waals surface area contributed by atoms with Gasteiger partial charge in [0.15, 0.2) is 5.82 Å². The highest BCUT2D eigenvalue weighted by Gasteiger charge is 2.19. The van der Waals surface area contributed by atoms with Crippen molar-refractivity contribution < 1.29 is 13.9 Å². The van der Waals surface area contributed by atoms with Crippen LogP contribution in [-0.2, 0) is 16.6 Å². The SMILES string of the molecule is C=CC(=O)Nc1ccc(F)c(Nc2nc(Nc3cnn(C)c3)ncc2N2CCOCC2)c1. The third-order valence-electron chi connectivity index (χ3n) is 4.75. The van der Waals surface area contributed by atoms with E-state index in [2.05, 4.69) is 42.5 Å². The molecule has 1 aromatic carbocycles. The molecule has 0 atom stereocenters. The smallest absolute Gasteiger partial charge is 0.247 e. The molecule has 11 heteroatoms. The Morgan fingerprint density at radius 2 is 2.03 bits per heavy atom. The van der Waals surface area contributed by atoms with Crippen molar-refractivity contribution in [3.8, 4) is 0 Å². The zero-order chi connectivity index (χ0) is 22.5. The molecule has 3 aromatic rings. The van der Waals surface area contributed by atoms with Gasteiger partial charge < -0.3 is 25.6 Å². The van der Waals surface area contributed by atoms with E-state index in [1.807, 2.05) is 0 Å². The number of benzene rings is 1. The number of hydrogen-bond donors (Lipinski definition) is 3. The number of morpholine rings is 1. The number of anilines is 6. The second kappa shape index (κ2) is 9.43. The molecular weight excluding hydrogens is 415 g/mol. The second-order valence-corrected chi connectivity index (χ2v) is 7.07. The Kier molecular flexibility index (Phi) is 6.26. The van der Waals surface area contributed by atoms with Gasteiger partial charge in [-0.3, -0.25) is 9.48 Å². The van der Waals surface area contributed by atoms with Crippen molar-refractivity contribution in [2.75, 3.05) is 47.2 Å². The van der Waals surface area contributed by atoms with E-state index in [-0.39, 0.29) is 11.6 Å². The molecule has 2 aromatic heterocycles. The fourth-order valence-electron chi connectivity index (χ4n) is 3.20. The lowest BCUT2D eigenvalue weighted by molar-refractivity contribution is -0.111. The zero-order valence-corrected chi connectivity index (χ0v) is 17.5. The lowest BCUT2D eigenvalue weighted by Gasteiger charge is -2.30. The first-order valence-corrected chi connectivity index (χ1v) is 9.97. The van der Waals surface area contributed by atoms with Gasteiger partial charge in [0.05, 0.1) is 42.7 Å². The molecule has 0 unspecified atom stereocenters. The van der Waals surface area contributed by atoms with Crippen LogP contribution < -0.4 is 20.9 Å². The Hall–Kier alpha value is -3.99. The van der Waals surface area contributed by atoms with Crippen LogP contribution in [0.4, 0.5) is 38.9 Å². The highest BCUT2D eigenvalue weighted by Crippen LogP contribution is 2.31. The Labute approximate surface area is 184 Å². The zero-order valence-electron chi connectivity index (χ0n) is 17.5. The van der Waals surface area contributed by atoms with E-state index in [0.717, 1.165) is 11.8 Å². The van der Waals surface area contributed by atoms with Crippen LogP contribution in [-0.4, -0.2) is 52.0 Å². The molecule has 0 bridgehead atoms. The molecule has 10 nitrogen and oxygen atoms in total. The van der Waals surface area contributed by atoms with Crippen molar-refractivity contribution in [2.45, 2.75) is 0 Å². The summed E-state index contributed by atoms with van der Waals surface area (Å²) in [5.74, 6) is -0.134. The van der Waals surface area contributed by atoms with E-state index >= 15 is 0 Å². The lowest BCUT2D eigenvalue weighted by Crippen LogP contribution is -2.36. The molecule has 0 aliphatic carbocycles. The predicted molar refractivity (Wildman–Crippen MR) is 120 cm³/mol. The first-order valence-electron chi connectivity index (χ1n) is 9.97. The minimum Gasteiger partial charge on any atom is -0.378 e. The molecule has 1 fully saturated rings. The van der Waals surface area contributed by atoms with E-state index in [0.29, 0.717) is 49.4 Å². The Morgan fingerprint density at radius 1 is 1.22 bits per heavy atom. The number of carbonyl (C=O) groups is 1. The molecule has 3 N–H and O–H groups in total. The van der Waals surface area contributed by atoms with E-state index in [9.17, 15) is 9.18 Å². The number of hydrogen-bond acceptors (Lipinski definition) is 8. The van der Waals surface area contributed by atoms with Crippen LogP contribution in [0.5, 0.6) is 0 Å². The summed E-state index contributed by atoms with van der Waals surface area (Å²) in [4.78, 5) is 22.7. The van der Waals surface area contributed by atoms with Crippen LogP contribution in [0.1, 0.15) is 0 Å². The summed E-state index contributed by atoms with van der Waals surface area (Å²) >= 11 is 0. The Morgan fingerprint density at radius 3 is 2.75 bits per heavy atom. The van der Waals surface area contributed by atoms with Crippen LogP contribution in [0.25, 0.3) is 0 Å². The molecule has 0 spiro atoms. The molecule has 1 aliphatic rings. The van der Waals surface area contributed by atoms with E-state index in [1.54, 1.807) is 30.3 Å². The molecule has 1 amide bonds. The first-order chi connectivity index (χ1) is 15.5. The van der Waals surface area contributed by atoms with Crippen molar-refractivity contribution in [2.24, 2.45) is 7.05 Å². The summed E-state index contributed by atoms with van der Waals surface area (Å²) in [5, 5.41) is 12.9. The number of nitrogens with one attached hydrogen (secondary N) is 3. The highest BCUT2D eigenvalue weighted by molar-refractivity contribution is 5.99. The van der Waals surface area contributed by atoms with Crippen LogP contribution in [0.2, 0.25) is 0 Å². The molecule has 1 saturated heterocycles. The lowest BCUT2D eigenvalue weighted by atomic mass is 10.2. The van der Waals surface area contributed by atoms with Gasteiger partial charge in [-0.1, -0.05) is 6.58 Å². The van der Waals surface area contributed by atoms with Crippen LogP contribution >= 0.6 is 0 Å². The number of carbonyl (C=O) groups excluding carboxylic acids is 1. The quantitative estimate of drug-likeness (QED) is 0.483. The van der Waals surface area contributed by atoms with Crippen LogP contribution in [0.3, 0.4) is 0 Å². The number of ether oxygens (including phenoxy) is 1. The van der Waals surface area contributed by atoms with E-state index in [4.69, 9.17) is 4.74 Å². The summed E-state index contributed by atoms with van der Waals surface area (Å²) < 4.78 is 21.7. The fraction of sp³-hybridized carbons (Fsp3) is 0.238. The Balaban J connectivity index is 1.66. The average Bonchev–Trinajstić information content (AvgIpc) is 3.21. The van der Waals surface area contributed by atoms with Crippen molar-refractivity contribution in [1.29, 1.82) is 0 Å². The third kappa shape index (κ3) is 5.01. The standard InChI is InChI=1S/C21H23FN8O2/c1-3-19(31)25-14-4-5-16(22)17(10-14)27-20-18(30-6-8-32-9-7-30)12-23-21(28-20)26-15-11-24-29(2)13-15/h3-5,10-13H,1,6-9H2,2H3,(H,25,31)(H2,23,26,27,28). The summed E-state index contributed by atoms with van der Waals surface area (Å²) in [5.41, 5.74) is 2.02. The maximum absolute atomic E-state index is 14.6. The number of amides is 1. The predicted octanol–water partition coefficient (Wildman–Crippen LogP) is 2.80. The number of halogens is 1. The van der Waals surface area contributed by atoms with Crippen molar-refractivity contribution in [3.05, 3.63) is 55.3 Å². The molecule has 166 valence electrons. The van der Waals surface area contributed by atoms with Gasteiger partial charge in [0.2, 0.25) is 11.9 Å². The van der Waals surface area contributed by atoms with Gasteiger partial charge in [-0.15, -0.1) is 0 Å². The van der Waals surface area contributed by atoms with E-state index < -0.39 is 5.82 Å². The van der Waals surface area contributed by atoms with Crippen LogP contribution in [0, 0.1) is 5.82 Å². The summed E-state index contributed by atoms with van der Waals surface area (Å²) in [6.07, 6.45) is 6.27. The van der Waals surface area contributed by atoms with Crippen molar-refractivity contribution in [3.63, 3.8) is 0 Å². The number of aryl methyl sites for hydroxylation is 1. The molecule has 1 aliphatic heterocycles. The second-order valence-electron chi connectivity index (χ2n) is 7.07. The minimum atomic E-state index is -0.491. The van der Waals surface area contributed by atoms with E-state index in [1.165, 1.54) is 18.2 Å². The van der Waals surface area contributed by atoms with Gasteiger partial charge in [0.1, 0.15) is 5.82 Å². The van der Waals surface area contributed by atoms with Gasteiger partial charge in [-0.25, -0.2) is 9.37 Å².